The van der Waals surface area contributed by atoms with E-state index in [-0.39, 0.29) is 11.7 Å². The van der Waals surface area contributed by atoms with Gasteiger partial charge < -0.3 is 10.7 Å². The van der Waals surface area contributed by atoms with Crippen LogP contribution < -0.4 is 11.4 Å². The second kappa shape index (κ2) is 3.58. The molecule has 12 heavy (non-hydrogen) atoms. The maximum Gasteiger partial charge on any atom is 0.325 e. The minimum absolute atomic E-state index is 0.0650. The first-order valence-corrected chi connectivity index (χ1v) is 4.19. The zero-order chi connectivity index (χ0) is 9.14. The molecule has 0 fully saturated rings. The van der Waals surface area contributed by atoms with Crippen molar-refractivity contribution < 1.29 is 0 Å². The lowest BCUT2D eigenvalue weighted by molar-refractivity contribution is 0.541. The molecule has 4 nitrogen and oxygen atoms in total. The van der Waals surface area contributed by atoms with Gasteiger partial charge in [0, 0.05) is 24.5 Å². The van der Waals surface area contributed by atoms with Crippen molar-refractivity contribution in [1.29, 1.82) is 0 Å². The minimum Gasteiger partial charge on any atom is -0.328 e. The van der Waals surface area contributed by atoms with Crippen molar-refractivity contribution in [2.24, 2.45) is 5.73 Å². The van der Waals surface area contributed by atoms with Gasteiger partial charge in [0.05, 0.1) is 0 Å². The first-order valence-electron chi connectivity index (χ1n) is 4.19. The monoisotopic (exact) mass is 169 g/mol. The molecule has 0 saturated heterocycles. The van der Waals surface area contributed by atoms with Crippen LogP contribution in [0.3, 0.4) is 0 Å². The molecule has 0 spiro atoms. The van der Waals surface area contributed by atoms with E-state index in [1.807, 2.05) is 20.0 Å². The van der Waals surface area contributed by atoms with Crippen LogP contribution in [-0.4, -0.2) is 16.1 Å². The highest BCUT2D eigenvalue weighted by Gasteiger charge is 2.06. The summed E-state index contributed by atoms with van der Waals surface area (Å²) in [7, 11) is 0. The smallest absolute Gasteiger partial charge is 0.325 e. The van der Waals surface area contributed by atoms with Gasteiger partial charge in [0.2, 0.25) is 0 Å². The van der Waals surface area contributed by atoms with Crippen molar-refractivity contribution in [2.75, 3.05) is 6.54 Å². The number of rotatable bonds is 3. The standard InChI is InChI=1S/C8H15N3O/c1-3-7-5-11(6(2)4-9)8(12)10-7/h5-6H,3-4,9H2,1-2H3,(H,10,12). The molecule has 0 aliphatic carbocycles. The maximum absolute atomic E-state index is 11.3. The topological polar surface area (TPSA) is 63.8 Å². The highest BCUT2D eigenvalue weighted by Crippen LogP contribution is 2.00. The molecule has 1 unspecified atom stereocenters. The Bertz CT molecular complexity index is 299. The Morgan fingerprint density at radius 2 is 2.42 bits per heavy atom. The summed E-state index contributed by atoms with van der Waals surface area (Å²) in [6, 6.07) is 0.0778. The van der Waals surface area contributed by atoms with E-state index in [1.165, 1.54) is 0 Å². The molecular formula is C8H15N3O. The Balaban J connectivity index is 2.99. The fourth-order valence-electron chi connectivity index (χ4n) is 1.08. The number of imidazole rings is 1. The summed E-state index contributed by atoms with van der Waals surface area (Å²) in [5.74, 6) is 0. The Hall–Kier alpha value is -1.03. The molecule has 0 aliphatic rings. The van der Waals surface area contributed by atoms with Gasteiger partial charge in [-0.25, -0.2) is 4.79 Å². The first kappa shape index (κ1) is 9.06. The third kappa shape index (κ3) is 1.58. The molecule has 0 saturated carbocycles. The third-order valence-corrected chi connectivity index (χ3v) is 1.99. The van der Waals surface area contributed by atoms with Gasteiger partial charge in [-0.15, -0.1) is 0 Å². The van der Waals surface area contributed by atoms with E-state index in [4.69, 9.17) is 5.73 Å². The van der Waals surface area contributed by atoms with E-state index in [2.05, 4.69) is 4.98 Å². The lowest BCUT2D eigenvalue weighted by Crippen LogP contribution is -2.25. The molecule has 0 bridgehead atoms. The van der Waals surface area contributed by atoms with Gasteiger partial charge in [-0.3, -0.25) is 4.57 Å². The van der Waals surface area contributed by atoms with Crippen LogP contribution in [0.1, 0.15) is 25.6 Å². The van der Waals surface area contributed by atoms with Crippen LogP contribution >= 0.6 is 0 Å². The van der Waals surface area contributed by atoms with Crippen LogP contribution in [-0.2, 0) is 6.42 Å². The highest BCUT2D eigenvalue weighted by molar-refractivity contribution is 4.97. The fraction of sp³-hybridized carbons (Fsp3) is 0.625. The van der Waals surface area contributed by atoms with Gasteiger partial charge in [-0.1, -0.05) is 6.92 Å². The zero-order valence-electron chi connectivity index (χ0n) is 7.50. The minimum atomic E-state index is -0.0650. The average molecular weight is 169 g/mol. The molecular weight excluding hydrogens is 154 g/mol. The van der Waals surface area contributed by atoms with Crippen molar-refractivity contribution in [3.63, 3.8) is 0 Å². The number of nitrogens with one attached hydrogen (secondary N) is 1. The summed E-state index contributed by atoms with van der Waals surface area (Å²) in [6.07, 6.45) is 2.68. The SMILES string of the molecule is CCc1cn(C(C)CN)c(=O)[nH]1. The number of aryl methyl sites for hydroxylation is 1. The van der Waals surface area contributed by atoms with Crippen molar-refractivity contribution in [1.82, 2.24) is 9.55 Å². The fourth-order valence-corrected chi connectivity index (χ4v) is 1.08. The van der Waals surface area contributed by atoms with E-state index >= 15 is 0 Å². The number of nitrogens with two attached hydrogens (primary N) is 1. The van der Waals surface area contributed by atoms with Crippen LogP contribution in [0.25, 0.3) is 0 Å². The Morgan fingerprint density at radius 3 is 2.83 bits per heavy atom. The lowest BCUT2D eigenvalue weighted by atomic mass is 10.3. The summed E-state index contributed by atoms with van der Waals surface area (Å²) in [4.78, 5) is 14.0. The van der Waals surface area contributed by atoms with Gasteiger partial charge in [0.25, 0.3) is 0 Å². The molecule has 68 valence electrons. The Morgan fingerprint density at radius 1 is 1.75 bits per heavy atom. The first-order chi connectivity index (χ1) is 5.69. The maximum atomic E-state index is 11.3. The molecule has 1 rings (SSSR count). The molecule has 3 N–H and O–H groups in total. The lowest BCUT2D eigenvalue weighted by Gasteiger charge is -2.07. The highest BCUT2D eigenvalue weighted by atomic mass is 16.1. The number of hydrogen-bond acceptors (Lipinski definition) is 2. The Kier molecular flexibility index (Phi) is 2.70. The van der Waals surface area contributed by atoms with Crippen molar-refractivity contribution in [3.05, 3.63) is 22.4 Å². The van der Waals surface area contributed by atoms with Crippen molar-refractivity contribution in [2.45, 2.75) is 26.3 Å². The summed E-state index contributed by atoms with van der Waals surface area (Å²) >= 11 is 0. The van der Waals surface area contributed by atoms with Crippen molar-refractivity contribution in [3.8, 4) is 0 Å². The van der Waals surface area contributed by atoms with Crippen LogP contribution in [0.4, 0.5) is 0 Å². The number of hydrogen-bond donors (Lipinski definition) is 2. The van der Waals surface area contributed by atoms with Gasteiger partial charge in [0.15, 0.2) is 0 Å². The normalized spacial score (nSPS) is 13.2. The van der Waals surface area contributed by atoms with Crippen molar-refractivity contribution >= 4 is 0 Å². The number of nitrogens with zero attached hydrogens (tertiary/aromatic N) is 1. The van der Waals surface area contributed by atoms with Crippen LogP contribution in [0, 0.1) is 0 Å². The Labute approximate surface area is 71.4 Å². The molecule has 1 atom stereocenters. The van der Waals surface area contributed by atoms with Gasteiger partial charge in [-0.2, -0.15) is 0 Å². The third-order valence-electron chi connectivity index (χ3n) is 1.99. The zero-order valence-corrected chi connectivity index (χ0v) is 7.50. The summed E-state index contributed by atoms with van der Waals surface area (Å²) < 4.78 is 1.64. The molecule has 0 amide bonds. The van der Waals surface area contributed by atoms with Crippen LogP contribution in [0.5, 0.6) is 0 Å². The summed E-state index contributed by atoms with van der Waals surface area (Å²) in [5, 5.41) is 0. The van der Waals surface area contributed by atoms with Crippen LogP contribution in [0.15, 0.2) is 11.0 Å². The average Bonchev–Trinajstić information content (AvgIpc) is 2.45. The second-order valence-corrected chi connectivity index (χ2v) is 2.93. The number of aromatic nitrogens is 2. The van der Waals surface area contributed by atoms with Gasteiger partial charge >= 0.3 is 5.69 Å². The van der Waals surface area contributed by atoms with Gasteiger partial charge in [0.1, 0.15) is 0 Å². The number of H-pyrrole nitrogens is 1. The summed E-state index contributed by atoms with van der Waals surface area (Å²) in [5.41, 5.74) is 6.34. The van der Waals surface area contributed by atoms with E-state index in [1.54, 1.807) is 4.57 Å². The van der Waals surface area contributed by atoms with Crippen LogP contribution in [0.2, 0.25) is 0 Å². The van der Waals surface area contributed by atoms with E-state index in [0.717, 1.165) is 12.1 Å². The summed E-state index contributed by atoms with van der Waals surface area (Å²) in [6.45, 7) is 4.42. The van der Waals surface area contributed by atoms with E-state index in [9.17, 15) is 4.79 Å². The quantitative estimate of drug-likeness (QED) is 0.681. The predicted molar refractivity (Wildman–Crippen MR) is 48.2 cm³/mol. The molecule has 4 heteroatoms. The molecule has 1 aromatic rings. The molecule has 0 radical (unpaired) electrons. The predicted octanol–water partition coefficient (Wildman–Crippen LogP) is 0.259. The van der Waals surface area contributed by atoms with E-state index < -0.39 is 0 Å². The largest absolute Gasteiger partial charge is 0.328 e. The molecule has 0 aromatic carbocycles. The molecule has 1 heterocycles. The van der Waals surface area contributed by atoms with Gasteiger partial charge in [-0.05, 0) is 13.3 Å². The molecule has 0 aliphatic heterocycles. The van der Waals surface area contributed by atoms with E-state index in [0.29, 0.717) is 6.54 Å². The number of aromatic amines is 1. The molecule has 1 aromatic heterocycles. The second-order valence-electron chi connectivity index (χ2n) is 2.93.